The number of nitrogens with zero attached hydrogens (tertiary/aromatic N) is 3. The number of nitrogens with two attached hydrogens (primary N) is 1. The summed E-state index contributed by atoms with van der Waals surface area (Å²) in [4.78, 5) is 23.2. The maximum absolute atomic E-state index is 12.7. The van der Waals surface area contributed by atoms with Crippen molar-refractivity contribution >= 4 is 23.3 Å². The van der Waals surface area contributed by atoms with Crippen molar-refractivity contribution in [2.24, 2.45) is 0 Å². The molecule has 7 heteroatoms. The molecule has 1 fully saturated rings. The van der Waals surface area contributed by atoms with Crippen LogP contribution in [0.25, 0.3) is 11.1 Å². The van der Waals surface area contributed by atoms with E-state index < -0.39 is 0 Å². The molecule has 2 N–H and O–H groups in total. The molecular formula is C23H23ClN4O2. The third-order valence-electron chi connectivity index (χ3n) is 5.17. The first-order valence-electron chi connectivity index (χ1n) is 9.90. The molecule has 0 aliphatic carbocycles. The van der Waals surface area contributed by atoms with E-state index in [1.807, 2.05) is 47.4 Å². The van der Waals surface area contributed by atoms with Crippen molar-refractivity contribution in [3.05, 3.63) is 77.2 Å². The van der Waals surface area contributed by atoms with E-state index in [4.69, 9.17) is 22.1 Å². The minimum Gasteiger partial charge on any atom is -0.384 e. The van der Waals surface area contributed by atoms with E-state index in [0.717, 1.165) is 22.4 Å². The molecule has 1 atom stereocenters. The van der Waals surface area contributed by atoms with Gasteiger partial charge < -0.3 is 15.4 Å². The highest BCUT2D eigenvalue weighted by Crippen LogP contribution is 2.24. The molecule has 1 amide bonds. The van der Waals surface area contributed by atoms with E-state index in [1.165, 1.54) is 0 Å². The van der Waals surface area contributed by atoms with Crippen LogP contribution in [0.15, 0.2) is 60.9 Å². The highest BCUT2D eigenvalue weighted by atomic mass is 35.5. The first kappa shape index (κ1) is 20.3. The minimum absolute atomic E-state index is 0.118. The van der Waals surface area contributed by atoms with Crippen LogP contribution in [0.3, 0.4) is 0 Å². The standard InChI is InChI=1S/C23H23ClN4O2/c24-19-3-1-2-16(12-19)4-9-23(29)28-10-11-30-21(15-28)20-7-5-17(13-26-20)18-6-8-22(25)27-14-18/h1-3,5-8,12-14,21H,4,9-11,15H2,(H2,25,27). The lowest BCUT2D eigenvalue weighted by Crippen LogP contribution is -2.42. The van der Waals surface area contributed by atoms with Crippen molar-refractivity contribution < 1.29 is 9.53 Å². The monoisotopic (exact) mass is 422 g/mol. The van der Waals surface area contributed by atoms with Gasteiger partial charge in [0, 0.05) is 41.5 Å². The van der Waals surface area contributed by atoms with Gasteiger partial charge in [0.25, 0.3) is 0 Å². The molecule has 0 spiro atoms. The Morgan fingerprint density at radius 3 is 2.63 bits per heavy atom. The molecule has 0 bridgehead atoms. The second-order valence-corrected chi connectivity index (χ2v) is 7.71. The summed E-state index contributed by atoms with van der Waals surface area (Å²) < 4.78 is 5.88. The Bertz CT molecular complexity index is 1010. The summed E-state index contributed by atoms with van der Waals surface area (Å²) in [5, 5.41) is 0.690. The lowest BCUT2D eigenvalue weighted by molar-refractivity contribution is -0.139. The molecule has 2 aromatic heterocycles. The van der Waals surface area contributed by atoms with Crippen molar-refractivity contribution in [3.63, 3.8) is 0 Å². The second-order valence-electron chi connectivity index (χ2n) is 7.27. The number of carbonyl (C=O) groups excluding carboxylic acids is 1. The lowest BCUT2D eigenvalue weighted by atomic mass is 10.1. The molecule has 6 nitrogen and oxygen atoms in total. The molecular weight excluding hydrogens is 400 g/mol. The van der Waals surface area contributed by atoms with E-state index in [9.17, 15) is 4.79 Å². The summed E-state index contributed by atoms with van der Waals surface area (Å²) in [7, 11) is 0. The average molecular weight is 423 g/mol. The first-order chi connectivity index (χ1) is 14.6. The van der Waals surface area contributed by atoms with Gasteiger partial charge in [-0.25, -0.2) is 4.98 Å². The van der Waals surface area contributed by atoms with Crippen LogP contribution in [0.1, 0.15) is 23.8 Å². The molecule has 3 heterocycles. The van der Waals surface area contributed by atoms with Gasteiger partial charge in [0.05, 0.1) is 18.8 Å². The van der Waals surface area contributed by atoms with Crippen molar-refractivity contribution in [1.29, 1.82) is 0 Å². The summed E-state index contributed by atoms with van der Waals surface area (Å²) in [5.41, 5.74) is 9.43. The molecule has 0 radical (unpaired) electrons. The normalized spacial score (nSPS) is 16.4. The van der Waals surface area contributed by atoms with Crippen molar-refractivity contribution in [2.45, 2.75) is 18.9 Å². The van der Waals surface area contributed by atoms with E-state index in [2.05, 4.69) is 9.97 Å². The maximum Gasteiger partial charge on any atom is 0.223 e. The number of hydrogen-bond acceptors (Lipinski definition) is 5. The summed E-state index contributed by atoms with van der Waals surface area (Å²) in [6.45, 7) is 1.60. The SMILES string of the molecule is Nc1ccc(-c2ccc(C3CN(C(=O)CCc4cccc(Cl)c4)CCO3)nc2)cn1. The van der Waals surface area contributed by atoms with E-state index >= 15 is 0 Å². The van der Waals surface area contributed by atoms with Gasteiger partial charge in [0.15, 0.2) is 0 Å². The summed E-state index contributed by atoms with van der Waals surface area (Å²) >= 11 is 6.03. The quantitative estimate of drug-likeness (QED) is 0.674. The van der Waals surface area contributed by atoms with Gasteiger partial charge in [-0.1, -0.05) is 29.8 Å². The number of amides is 1. The van der Waals surface area contributed by atoms with Crippen LogP contribution >= 0.6 is 11.6 Å². The Morgan fingerprint density at radius 2 is 1.93 bits per heavy atom. The fourth-order valence-electron chi connectivity index (χ4n) is 3.50. The average Bonchev–Trinajstić information content (AvgIpc) is 2.78. The van der Waals surface area contributed by atoms with Gasteiger partial charge in [-0.3, -0.25) is 9.78 Å². The van der Waals surface area contributed by atoms with E-state index in [-0.39, 0.29) is 12.0 Å². The molecule has 0 saturated carbocycles. The van der Waals surface area contributed by atoms with Gasteiger partial charge in [-0.15, -0.1) is 0 Å². The van der Waals surface area contributed by atoms with Gasteiger partial charge in [0.2, 0.25) is 5.91 Å². The van der Waals surface area contributed by atoms with Crippen LogP contribution < -0.4 is 5.73 Å². The summed E-state index contributed by atoms with van der Waals surface area (Å²) in [5.74, 6) is 0.604. The van der Waals surface area contributed by atoms with E-state index in [1.54, 1.807) is 18.5 Å². The molecule has 1 aliphatic heterocycles. The molecule has 3 aromatic rings. The van der Waals surface area contributed by atoms with Crippen molar-refractivity contribution in [3.8, 4) is 11.1 Å². The number of benzene rings is 1. The molecule has 1 aromatic carbocycles. The molecule has 154 valence electrons. The molecule has 1 saturated heterocycles. The number of ether oxygens (including phenoxy) is 1. The fourth-order valence-corrected chi connectivity index (χ4v) is 3.71. The number of anilines is 1. The Labute approximate surface area is 180 Å². The van der Waals surface area contributed by atoms with Gasteiger partial charge in [0.1, 0.15) is 11.9 Å². The molecule has 1 aliphatic rings. The lowest BCUT2D eigenvalue weighted by Gasteiger charge is -2.32. The highest BCUT2D eigenvalue weighted by molar-refractivity contribution is 6.30. The third-order valence-corrected chi connectivity index (χ3v) is 5.41. The summed E-state index contributed by atoms with van der Waals surface area (Å²) in [6, 6.07) is 15.2. The molecule has 4 rings (SSSR count). The minimum atomic E-state index is -0.229. The number of nitrogen functional groups attached to an aromatic ring is 1. The van der Waals surface area contributed by atoms with Gasteiger partial charge in [-0.2, -0.15) is 0 Å². The maximum atomic E-state index is 12.7. The van der Waals surface area contributed by atoms with Crippen LogP contribution in [0.4, 0.5) is 5.82 Å². The van der Waals surface area contributed by atoms with Crippen LogP contribution in [0, 0.1) is 0 Å². The number of rotatable bonds is 5. The largest absolute Gasteiger partial charge is 0.384 e. The smallest absolute Gasteiger partial charge is 0.223 e. The topological polar surface area (TPSA) is 81.3 Å². The number of hydrogen-bond donors (Lipinski definition) is 1. The Kier molecular flexibility index (Phi) is 6.26. The van der Waals surface area contributed by atoms with Crippen LogP contribution in [-0.2, 0) is 16.0 Å². The zero-order chi connectivity index (χ0) is 20.9. The summed E-state index contributed by atoms with van der Waals surface area (Å²) in [6.07, 6.45) is 4.41. The Hall–Kier alpha value is -2.96. The number of halogens is 1. The Balaban J connectivity index is 1.37. The zero-order valence-electron chi connectivity index (χ0n) is 16.5. The second kappa shape index (κ2) is 9.24. The Morgan fingerprint density at radius 1 is 1.13 bits per heavy atom. The van der Waals surface area contributed by atoms with Crippen LogP contribution in [0.5, 0.6) is 0 Å². The zero-order valence-corrected chi connectivity index (χ0v) is 17.3. The van der Waals surface area contributed by atoms with Gasteiger partial charge in [-0.05, 0) is 42.3 Å². The van der Waals surface area contributed by atoms with Crippen molar-refractivity contribution in [1.82, 2.24) is 14.9 Å². The highest BCUT2D eigenvalue weighted by Gasteiger charge is 2.26. The number of carbonyl (C=O) groups is 1. The number of pyridine rings is 2. The van der Waals surface area contributed by atoms with Gasteiger partial charge >= 0.3 is 0 Å². The third kappa shape index (κ3) is 4.96. The predicted octanol–water partition coefficient (Wildman–Crippen LogP) is 3.91. The fraction of sp³-hybridized carbons (Fsp3) is 0.261. The number of aryl methyl sites for hydroxylation is 1. The first-order valence-corrected chi connectivity index (χ1v) is 10.3. The number of morpholine rings is 1. The molecule has 30 heavy (non-hydrogen) atoms. The van der Waals surface area contributed by atoms with Crippen LogP contribution in [0.2, 0.25) is 5.02 Å². The van der Waals surface area contributed by atoms with Crippen molar-refractivity contribution in [2.75, 3.05) is 25.4 Å². The predicted molar refractivity (Wildman–Crippen MR) is 117 cm³/mol. The van der Waals surface area contributed by atoms with Crippen LogP contribution in [-0.4, -0.2) is 40.5 Å². The number of aromatic nitrogens is 2. The van der Waals surface area contributed by atoms with E-state index in [0.29, 0.717) is 43.4 Å². The molecule has 1 unspecified atom stereocenters.